The Hall–Kier alpha value is -1.69. The first-order chi connectivity index (χ1) is 8.91. The van der Waals surface area contributed by atoms with E-state index in [9.17, 15) is 13.6 Å². The van der Waals surface area contributed by atoms with E-state index in [1.165, 1.54) is 6.07 Å². The Morgan fingerprint density at radius 1 is 1.37 bits per heavy atom. The number of ether oxygens (including phenoxy) is 1. The Morgan fingerprint density at radius 3 is 2.42 bits per heavy atom. The second-order valence-corrected chi connectivity index (χ2v) is 4.46. The second-order valence-electron chi connectivity index (χ2n) is 4.46. The molecule has 6 heteroatoms. The van der Waals surface area contributed by atoms with Crippen molar-refractivity contribution in [2.45, 2.75) is 32.4 Å². The van der Waals surface area contributed by atoms with E-state index in [1.807, 2.05) is 13.8 Å². The Labute approximate surface area is 110 Å². The summed E-state index contributed by atoms with van der Waals surface area (Å²) >= 11 is 0. The summed E-state index contributed by atoms with van der Waals surface area (Å²) in [5.41, 5.74) is 5.22. The fraction of sp³-hybridized carbons (Fsp3) is 0.462. The molecular weight excluding hydrogens is 254 g/mol. The van der Waals surface area contributed by atoms with Crippen LogP contribution < -0.4 is 15.8 Å². The van der Waals surface area contributed by atoms with E-state index < -0.39 is 29.3 Å². The fourth-order valence-electron chi connectivity index (χ4n) is 1.61. The summed E-state index contributed by atoms with van der Waals surface area (Å²) in [6, 6.07) is 2.95. The molecule has 0 fully saturated rings. The summed E-state index contributed by atoms with van der Waals surface area (Å²) in [5, 5.41) is 2.95. The van der Waals surface area contributed by atoms with Crippen LogP contribution in [0, 0.1) is 11.6 Å². The molecule has 0 aliphatic heterocycles. The molecule has 1 aromatic rings. The van der Waals surface area contributed by atoms with Crippen LogP contribution in [-0.2, 0) is 4.79 Å². The number of amides is 1. The molecule has 0 saturated heterocycles. The van der Waals surface area contributed by atoms with Gasteiger partial charge in [-0.05, 0) is 12.1 Å². The van der Waals surface area contributed by atoms with Crippen LogP contribution in [0.5, 0.6) is 5.75 Å². The van der Waals surface area contributed by atoms with Crippen molar-refractivity contribution in [3.63, 3.8) is 0 Å². The number of primary amides is 1. The topological polar surface area (TPSA) is 64.3 Å². The molecule has 1 unspecified atom stereocenters. The van der Waals surface area contributed by atoms with Crippen molar-refractivity contribution in [3.8, 4) is 5.75 Å². The third-order valence-corrected chi connectivity index (χ3v) is 2.45. The molecule has 0 spiro atoms. The Balaban J connectivity index is 2.54. The van der Waals surface area contributed by atoms with Gasteiger partial charge in [-0.2, -0.15) is 0 Å². The lowest BCUT2D eigenvalue weighted by molar-refractivity contribution is -0.120. The maximum Gasteiger partial charge on any atom is 0.234 e. The highest BCUT2D eigenvalue weighted by Crippen LogP contribution is 2.20. The first-order valence-corrected chi connectivity index (χ1v) is 6.04. The van der Waals surface area contributed by atoms with Crippen molar-refractivity contribution in [1.29, 1.82) is 0 Å². The smallest absolute Gasteiger partial charge is 0.234 e. The lowest BCUT2D eigenvalue weighted by atomic mass is 10.2. The number of nitrogens with two attached hydrogens (primary N) is 1. The minimum absolute atomic E-state index is 0.00875. The normalized spacial score (nSPS) is 12.5. The average molecular weight is 272 g/mol. The molecule has 1 aromatic carbocycles. The number of rotatable bonds is 7. The van der Waals surface area contributed by atoms with Gasteiger partial charge in [-0.3, -0.25) is 4.79 Å². The number of halogens is 2. The first-order valence-electron chi connectivity index (χ1n) is 6.04. The molecule has 1 amide bonds. The number of hydrogen-bond acceptors (Lipinski definition) is 3. The molecule has 0 heterocycles. The average Bonchev–Trinajstić information content (AvgIpc) is 2.30. The SMILES string of the molecule is CC(C)NC(CCOc1c(F)cccc1F)C(N)=O. The van der Waals surface area contributed by atoms with Crippen molar-refractivity contribution in [2.75, 3.05) is 6.61 Å². The lowest BCUT2D eigenvalue weighted by Gasteiger charge is -2.18. The summed E-state index contributed by atoms with van der Waals surface area (Å²) in [4.78, 5) is 11.2. The molecular formula is C13H18F2N2O2. The van der Waals surface area contributed by atoms with Gasteiger partial charge in [-0.1, -0.05) is 19.9 Å². The Kier molecular flexibility index (Phi) is 5.69. The molecule has 0 bridgehead atoms. The highest BCUT2D eigenvalue weighted by Gasteiger charge is 2.17. The van der Waals surface area contributed by atoms with E-state index >= 15 is 0 Å². The molecule has 106 valence electrons. The van der Waals surface area contributed by atoms with Gasteiger partial charge in [-0.25, -0.2) is 8.78 Å². The molecule has 3 N–H and O–H groups in total. The summed E-state index contributed by atoms with van der Waals surface area (Å²) in [5.74, 6) is -2.50. The third kappa shape index (κ3) is 4.82. The van der Waals surface area contributed by atoms with Gasteiger partial charge in [-0.15, -0.1) is 0 Å². The zero-order chi connectivity index (χ0) is 14.4. The zero-order valence-electron chi connectivity index (χ0n) is 11.0. The quantitative estimate of drug-likeness (QED) is 0.792. The summed E-state index contributed by atoms with van der Waals surface area (Å²) in [7, 11) is 0. The molecule has 0 aliphatic rings. The van der Waals surface area contributed by atoms with Gasteiger partial charge in [0.1, 0.15) is 0 Å². The maximum absolute atomic E-state index is 13.3. The number of carbonyl (C=O) groups is 1. The minimum atomic E-state index is -0.771. The van der Waals surface area contributed by atoms with Crippen LogP contribution in [0.2, 0.25) is 0 Å². The van der Waals surface area contributed by atoms with Crippen LogP contribution in [0.15, 0.2) is 18.2 Å². The van der Waals surface area contributed by atoms with Crippen LogP contribution in [0.3, 0.4) is 0 Å². The third-order valence-electron chi connectivity index (χ3n) is 2.45. The van der Waals surface area contributed by atoms with Crippen LogP contribution in [0.4, 0.5) is 8.78 Å². The molecule has 19 heavy (non-hydrogen) atoms. The van der Waals surface area contributed by atoms with Crippen LogP contribution >= 0.6 is 0 Å². The Morgan fingerprint density at radius 2 is 1.95 bits per heavy atom. The van der Waals surface area contributed by atoms with E-state index in [2.05, 4.69) is 5.32 Å². The van der Waals surface area contributed by atoms with Crippen LogP contribution in [-0.4, -0.2) is 24.6 Å². The molecule has 0 aliphatic carbocycles. The van der Waals surface area contributed by atoms with Gasteiger partial charge < -0.3 is 15.8 Å². The lowest BCUT2D eigenvalue weighted by Crippen LogP contribution is -2.45. The van der Waals surface area contributed by atoms with E-state index in [0.717, 1.165) is 12.1 Å². The van der Waals surface area contributed by atoms with Crippen molar-refractivity contribution in [1.82, 2.24) is 5.32 Å². The van der Waals surface area contributed by atoms with Gasteiger partial charge in [0, 0.05) is 12.5 Å². The molecule has 1 rings (SSSR count). The van der Waals surface area contributed by atoms with Crippen molar-refractivity contribution in [3.05, 3.63) is 29.8 Å². The predicted octanol–water partition coefficient (Wildman–Crippen LogP) is 1.59. The number of carbonyl (C=O) groups excluding carboxylic acids is 1. The maximum atomic E-state index is 13.3. The van der Waals surface area contributed by atoms with Crippen LogP contribution in [0.1, 0.15) is 20.3 Å². The summed E-state index contributed by atoms with van der Waals surface area (Å²) in [6.45, 7) is 3.73. The van der Waals surface area contributed by atoms with Crippen molar-refractivity contribution < 1.29 is 18.3 Å². The molecule has 0 saturated carbocycles. The molecule has 1 atom stereocenters. The highest BCUT2D eigenvalue weighted by atomic mass is 19.1. The number of nitrogens with one attached hydrogen (secondary N) is 1. The number of benzene rings is 1. The van der Waals surface area contributed by atoms with Gasteiger partial charge in [0.25, 0.3) is 0 Å². The van der Waals surface area contributed by atoms with E-state index in [0.29, 0.717) is 0 Å². The van der Waals surface area contributed by atoms with E-state index in [1.54, 1.807) is 0 Å². The van der Waals surface area contributed by atoms with E-state index in [-0.39, 0.29) is 19.1 Å². The fourth-order valence-corrected chi connectivity index (χ4v) is 1.61. The predicted molar refractivity (Wildman–Crippen MR) is 67.7 cm³/mol. The minimum Gasteiger partial charge on any atom is -0.488 e. The number of hydrogen-bond donors (Lipinski definition) is 2. The van der Waals surface area contributed by atoms with Gasteiger partial charge in [0.15, 0.2) is 17.4 Å². The monoisotopic (exact) mass is 272 g/mol. The van der Waals surface area contributed by atoms with Crippen molar-refractivity contribution in [2.24, 2.45) is 5.73 Å². The zero-order valence-corrected chi connectivity index (χ0v) is 11.0. The summed E-state index contributed by atoms with van der Waals surface area (Å²) in [6.07, 6.45) is 0.237. The van der Waals surface area contributed by atoms with Gasteiger partial charge in [0.05, 0.1) is 12.6 Å². The molecule has 0 aromatic heterocycles. The van der Waals surface area contributed by atoms with Gasteiger partial charge in [0.2, 0.25) is 5.91 Å². The molecule has 0 radical (unpaired) electrons. The first kappa shape index (κ1) is 15.4. The Bertz CT molecular complexity index is 418. The van der Waals surface area contributed by atoms with E-state index in [4.69, 9.17) is 10.5 Å². The number of para-hydroxylation sites is 1. The molecule has 4 nitrogen and oxygen atoms in total. The standard InChI is InChI=1S/C13H18F2N2O2/c1-8(2)17-11(13(16)18)6-7-19-12-9(14)4-3-5-10(12)15/h3-5,8,11,17H,6-7H2,1-2H3,(H2,16,18). The second kappa shape index (κ2) is 7.04. The largest absolute Gasteiger partial charge is 0.488 e. The highest BCUT2D eigenvalue weighted by molar-refractivity contribution is 5.79. The van der Waals surface area contributed by atoms with Crippen LogP contribution in [0.25, 0.3) is 0 Å². The van der Waals surface area contributed by atoms with Gasteiger partial charge >= 0.3 is 0 Å². The van der Waals surface area contributed by atoms with Crippen molar-refractivity contribution >= 4 is 5.91 Å². The summed E-state index contributed by atoms with van der Waals surface area (Å²) < 4.78 is 31.6.